The first-order chi connectivity index (χ1) is 16.1. The number of benzene rings is 1. The first kappa shape index (κ1) is 26.7. The van der Waals surface area contributed by atoms with E-state index in [9.17, 15) is 13.2 Å². The van der Waals surface area contributed by atoms with Crippen LogP contribution in [0.3, 0.4) is 0 Å². The lowest BCUT2D eigenvalue weighted by Crippen LogP contribution is -2.48. The van der Waals surface area contributed by atoms with Crippen LogP contribution in [0.25, 0.3) is 0 Å². The van der Waals surface area contributed by atoms with E-state index in [0.717, 1.165) is 45.4 Å². The molecule has 1 fully saturated rings. The van der Waals surface area contributed by atoms with Crippen molar-refractivity contribution < 1.29 is 27.4 Å². The van der Waals surface area contributed by atoms with Gasteiger partial charge in [0.2, 0.25) is 10.0 Å². The van der Waals surface area contributed by atoms with Crippen LogP contribution in [0.15, 0.2) is 18.2 Å². The molecule has 9 nitrogen and oxygen atoms in total. The smallest absolute Gasteiger partial charge is 0.257 e. The summed E-state index contributed by atoms with van der Waals surface area (Å²) in [4.78, 5) is 17.4. The second kappa shape index (κ2) is 11.7. The van der Waals surface area contributed by atoms with Crippen LogP contribution in [0.1, 0.15) is 37.0 Å². The Hall–Kier alpha value is -1.88. The number of fused-ring (bicyclic) bond motifs is 1. The predicted molar refractivity (Wildman–Crippen MR) is 132 cm³/mol. The average molecular weight is 498 g/mol. The molecule has 3 atom stereocenters. The Labute approximate surface area is 203 Å². The van der Waals surface area contributed by atoms with Gasteiger partial charge in [0, 0.05) is 58.7 Å². The van der Waals surface area contributed by atoms with E-state index in [1.807, 2.05) is 0 Å². The number of carbonyl (C=O) groups is 1. The largest absolute Gasteiger partial charge is 0.491 e. The molecule has 0 saturated carbocycles. The number of sulfonamides is 1. The van der Waals surface area contributed by atoms with Gasteiger partial charge >= 0.3 is 0 Å². The quantitative estimate of drug-likeness (QED) is 0.667. The van der Waals surface area contributed by atoms with Crippen LogP contribution in [-0.2, 0) is 19.5 Å². The number of hydrogen-bond donors (Lipinski definition) is 1. The van der Waals surface area contributed by atoms with Crippen LogP contribution in [0.5, 0.6) is 5.75 Å². The molecule has 0 bridgehead atoms. The molecule has 192 valence electrons. The second-order valence-electron chi connectivity index (χ2n) is 9.69. The first-order valence-electron chi connectivity index (χ1n) is 11.9. The van der Waals surface area contributed by atoms with Gasteiger partial charge < -0.3 is 19.1 Å². The Morgan fingerprint density at radius 1 is 1.18 bits per heavy atom. The lowest BCUT2D eigenvalue weighted by Gasteiger charge is -2.38. The Morgan fingerprint density at radius 3 is 2.53 bits per heavy atom. The summed E-state index contributed by atoms with van der Waals surface area (Å²) in [6.07, 6.45) is 3.06. The van der Waals surface area contributed by atoms with Crippen molar-refractivity contribution in [3.8, 4) is 5.75 Å². The fourth-order valence-electron chi connectivity index (χ4n) is 4.64. The van der Waals surface area contributed by atoms with E-state index in [-0.39, 0.29) is 24.0 Å². The lowest BCUT2D eigenvalue weighted by atomic mass is 9.96. The minimum Gasteiger partial charge on any atom is -0.491 e. The summed E-state index contributed by atoms with van der Waals surface area (Å²) in [6, 6.07) is 4.93. The van der Waals surface area contributed by atoms with Gasteiger partial charge in [-0.05, 0) is 49.8 Å². The third-order valence-electron chi connectivity index (χ3n) is 6.71. The van der Waals surface area contributed by atoms with E-state index < -0.39 is 10.0 Å². The molecule has 1 aromatic carbocycles. The number of ether oxygens (including phenoxy) is 3. The van der Waals surface area contributed by atoms with Crippen LogP contribution in [0, 0.1) is 11.8 Å². The summed E-state index contributed by atoms with van der Waals surface area (Å²) in [7, 11) is -0.0611. The van der Waals surface area contributed by atoms with Crippen LogP contribution >= 0.6 is 0 Å². The first-order valence-corrected chi connectivity index (χ1v) is 13.8. The molecule has 0 unspecified atom stereocenters. The summed E-state index contributed by atoms with van der Waals surface area (Å²) < 4.78 is 43.4. The maximum absolute atomic E-state index is 13.3. The molecule has 0 aromatic heterocycles. The molecule has 1 amide bonds. The summed E-state index contributed by atoms with van der Waals surface area (Å²) in [5.41, 5.74) is 0.645. The standard InChI is InChI=1S/C24H39N3O6S/c1-17-13-27(14-19-8-10-32-11-9-19)18(2)16-33-22-7-6-20(25-34(5,29)30)12-21(22)24(28)26(3)15-23(17)31-4/h6-7,12,17-19,23,25H,8-11,13-16H2,1-5H3/t17-,18+,23-/m1/s1. The zero-order chi connectivity index (χ0) is 24.9. The molecular formula is C24H39N3O6S. The van der Waals surface area contributed by atoms with Gasteiger partial charge in [-0.25, -0.2) is 8.42 Å². The number of rotatable bonds is 5. The highest BCUT2D eigenvalue weighted by atomic mass is 32.2. The highest BCUT2D eigenvalue weighted by Gasteiger charge is 2.30. The lowest BCUT2D eigenvalue weighted by molar-refractivity contribution is 0.0000232. The SMILES string of the molecule is CO[C@@H]1CN(C)C(=O)c2cc(NS(C)(=O)=O)ccc2OC[C@H](C)N(CC2CCOCC2)C[C@H]1C. The molecule has 0 radical (unpaired) electrons. The molecule has 0 spiro atoms. The van der Waals surface area contributed by atoms with E-state index in [1.54, 1.807) is 31.2 Å². The average Bonchev–Trinajstić information content (AvgIpc) is 2.79. The number of hydrogen-bond acceptors (Lipinski definition) is 7. The van der Waals surface area contributed by atoms with Crippen molar-refractivity contribution in [1.82, 2.24) is 9.80 Å². The van der Waals surface area contributed by atoms with E-state index >= 15 is 0 Å². The fourth-order valence-corrected chi connectivity index (χ4v) is 5.20. The van der Waals surface area contributed by atoms with E-state index in [1.165, 1.54) is 6.07 Å². The van der Waals surface area contributed by atoms with Gasteiger partial charge in [0.1, 0.15) is 12.4 Å². The summed E-state index contributed by atoms with van der Waals surface area (Å²) in [6.45, 7) is 8.56. The normalized spacial score (nSPS) is 26.2. The number of amides is 1. The third-order valence-corrected chi connectivity index (χ3v) is 7.32. The number of anilines is 1. The maximum Gasteiger partial charge on any atom is 0.257 e. The van der Waals surface area contributed by atoms with Crippen LogP contribution in [0.4, 0.5) is 5.69 Å². The predicted octanol–water partition coefficient (Wildman–Crippen LogP) is 2.29. The molecule has 0 aliphatic carbocycles. The van der Waals surface area contributed by atoms with Gasteiger partial charge in [-0.3, -0.25) is 14.4 Å². The van der Waals surface area contributed by atoms with Gasteiger partial charge in [-0.2, -0.15) is 0 Å². The minimum absolute atomic E-state index is 0.122. The molecule has 2 aliphatic rings. The summed E-state index contributed by atoms with van der Waals surface area (Å²) in [5, 5.41) is 0. The summed E-state index contributed by atoms with van der Waals surface area (Å²) in [5.74, 6) is 0.975. The number of carbonyl (C=O) groups excluding carboxylic acids is 1. The zero-order valence-electron chi connectivity index (χ0n) is 21.0. The Morgan fingerprint density at radius 2 is 1.88 bits per heavy atom. The number of nitrogens with one attached hydrogen (secondary N) is 1. The molecule has 1 saturated heterocycles. The molecule has 1 aromatic rings. The fraction of sp³-hybridized carbons (Fsp3) is 0.708. The van der Waals surface area contributed by atoms with Crippen LogP contribution in [0.2, 0.25) is 0 Å². The van der Waals surface area contributed by atoms with Gasteiger partial charge in [-0.15, -0.1) is 0 Å². The van der Waals surface area contributed by atoms with Crippen molar-refractivity contribution in [2.75, 3.05) is 64.6 Å². The third kappa shape index (κ3) is 7.31. The number of nitrogens with zero attached hydrogens (tertiary/aromatic N) is 2. The van der Waals surface area contributed by atoms with Crippen molar-refractivity contribution >= 4 is 21.6 Å². The molecule has 2 heterocycles. The zero-order valence-corrected chi connectivity index (χ0v) is 21.8. The molecule has 1 N–H and O–H groups in total. The highest BCUT2D eigenvalue weighted by Crippen LogP contribution is 2.27. The minimum atomic E-state index is -3.48. The van der Waals surface area contributed by atoms with Crippen molar-refractivity contribution in [1.29, 1.82) is 0 Å². The number of likely N-dealkylation sites (N-methyl/N-ethyl adjacent to an activating group) is 1. The van der Waals surface area contributed by atoms with Crippen molar-refractivity contribution in [3.63, 3.8) is 0 Å². The number of methoxy groups -OCH3 is 1. The molecule has 3 rings (SSSR count). The Balaban J connectivity index is 1.91. The topological polar surface area (TPSA) is 97.4 Å². The second-order valence-corrected chi connectivity index (χ2v) is 11.4. The van der Waals surface area contributed by atoms with E-state index in [4.69, 9.17) is 14.2 Å². The molecular weight excluding hydrogens is 458 g/mol. The monoisotopic (exact) mass is 497 g/mol. The van der Waals surface area contributed by atoms with Gasteiger partial charge in [0.15, 0.2) is 0 Å². The van der Waals surface area contributed by atoms with Gasteiger partial charge in [-0.1, -0.05) is 6.92 Å². The Bertz CT molecular complexity index is 935. The Kier molecular flexibility index (Phi) is 9.20. The molecule has 34 heavy (non-hydrogen) atoms. The van der Waals surface area contributed by atoms with Gasteiger partial charge in [0.25, 0.3) is 5.91 Å². The van der Waals surface area contributed by atoms with Gasteiger partial charge in [0.05, 0.1) is 17.9 Å². The van der Waals surface area contributed by atoms with Crippen LogP contribution in [-0.4, -0.2) is 96.1 Å². The maximum atomic E-state index is 13.3. The van der Waals surface area contributed by atoms with Crippen molar-refractivity contribution in [2.24, 2.45) is 11.8 Å². The molecule has 2 aliphatic heterocycles. The highest BCUT2D eigenvalue weighted by molar-refractivity contribution is 7.92. The van der Waals surface area contributed by atoms with E-state index in [2.05, 4.69) is 23.5 Å². The summed E-state index contributed by atoms with van der Waals surface area (Å²) >= 11 is 0. The van der Waals surface area contributed by atoms with Crippen molar-refractivity contribution in [3.05, 3.63) is 23.8 Å². The molecule has 10 heteroatoms. The van der Waals surface area contributed by atoms with E-state index in [0.29, 0.717) is 36.1 Å². The van der Waals surface area contributed by atoms with Crippen molar-refractivity contribution in [2.45, 2.75) is 38.8 Å². The van der Waals surface area contributed by atoms with Crippen LogP contribution < -0.4 is 9.46 Å².